The highest BCUT2D eigenvalue weighted by Crippen LogP contribution is 2.18. The van der Waals surface area contributed by atoms with Crippen LogP contribution in [0.3, 0.4) is 0 Å². The summed E-state index contributed by atoms with van der Waals surface area (Å²) in [5, 5.41) is 21.1. The van der Waals surface area contributed by atoms with Crippen molar-refractivity contribution in [3.05, 3.63) is 34.3 Å². The number of nitrogens with one attached hydrogen (secondary N) is 1. The summed E-state index contributed by atoms with van der Waals surface area (Å²) in [5.41, 5.74) is 0.567. The number of rotatable bonds is 7. The third-order valence-corrected chi connectivity index (χ3v) is 3.04. The summed E-state index contributed by atoms with van der Waals surface area (Å²) < 4.78 is 0.829. The Morgan fingerprint density at radius 2 is 2.11 bits per heavy atom. The number of aliphatic hydroxyl groups is 2. The fourth-order valence-electron chi connectivity index (χ4n) is 1.55. The predicted molar refractivity (Wildman–Crippen MR) is 73.0 cm³/mol. The van der Waals surface area contributed by atoms with Crippen LogP contribution in [0.2, 0.25) is 0 Å². The van der Waals surface area contributed by atoms with Crippen LogP contribution in [0, 0.1) is 0 Å². The van der Waals surface area contributed by atoms with Crippen molar-refractivity contribution in [1.29, 1.82) is 0 Å². The molecule has 0 saturated heterocycles. The van der Waals surface area contributed by atoms with Gasteiger partial charge in [-0.15, -0.1) is 0 Å². The molecule has 0 aliphatic carbocycles. The van der Waals surface area contributed by atoms with E-state index in [2.05, 4.69) is 21.2 Å². The Balaban J connectivity index is 2.37. The van der Waals surface area contributed by atoms with Crippen LogP contribution in [0.15, 0.2) is 28.7 Å². The number of halogens is 1. The molecule has 1 unspecified atom stereocenters. The van der Waals surface area contributed by atoms with Crippen molar-refractivity contribution in [3.63, 3.8) is 0 Å². The van der Waals surface area contributed by atoms with Gasteiger partial charge in [0.05, 0.1) is 0 Å². The molecule has 0 aliphatic rings. The van der Waals surface area contributed by atoms with Crippen LogP contribution in [0.1, 0.15) is 30.9 Å². The first-order valence-electron chi connectivity index (χ1n) is 5.97. The van der Waals surface area contributed by atoms with E-state index in [1.165, 1.54) is 0 Å². The lowest BCUT2D eigenvalue weighted by Gasteiger charge is -2.11. The van der Waals surface area contributed by atoms with Crippen LogP contribution in [-0.4, -0.2) is 29.3 Å². The van der Waals surface area contributed by atoms with E-state index in [1.807, 2.05) is 6.07 Å². The number of hydrogen-bond acceptors (Lipinski definition) is 3. The first kappa shape index (κ1) is 15.1. The lowest BCUT2D eigenvalue weighted by molar-refractivity contribution is -0.129. The summed E-state index contributed by atoms with van der Waals surface area (Å²) in [6.45, 7) is 0.693. The van der Waals surface area contributed by atoms with Crippen molar-refractivity contribution < 1.29 is 15.0 Å². The Morgan fingerprint density at radius 3 is 2.78 bits per heavy atom. The van der Waals surface area contributed by atoms with E-state index in [1.54, 1.807) is 18.2 Å². The number of unbranched alkanes of at least 4 members (excludes halogenated alkanes) is 2. The molecule has 1 rings (SSSR count). The Kier molecular flexibility index (Phi) is 6.93. The fourth-order valence-corrected chi connectivity index (χ4v) is 1.97. The molecule has 1 atom stereocenters. The maximum absolute atomic E-state index is 11.7. The molecule has 0 spiro atoms. The van der Waals surface area contributed by atoms with E-state index >= 15 is 0 Å². The van der Waals surface area contributed by atoms with Gasteiger partial charge >= 0.3 is 0 Å². The molecule has 100 valence electrons. The summed E-state index contributed by atoms with van der Waals surface area (Å²) in [6.07, 6.45) is 1.27. The number of aliphatic hydroxyl groups excluding tert-OH is 2. The van der Waals surface area contributed by atoms with Crippen molar-refractivity contribution in [3.8, 4) is 0 Å². The Bertz CT molecular complexity index is 384. The van der Waals surface area contributed by atoms with Crippen molar-refractivity contribution in [2.45, 2.75) is 25.4 Å². The second-order valence-electron chi connectivity index (χ2n) is 4.03. The lowest BCUT2D eigenvalue weighted by Crippen LogP contribution is -2.30. The highest BCUT2D eigenvalue weighted by molar-refractivity contribution is 9.10. The summed E-state index contributed by atoms with van der Waals surface area (Å²) >= 11 is 3.29. The number of amides is 1. The minimum atomic E-state index is -1.14. The minimum absolute atomic E-state index is 0.175. The molecule has 0 bridgehead atoms. The van der Waals surface area contributed by atoms with E-state index in [0.717, 1.165) is 23.7 Å². The topological polar surface area (TPSA) is 69.6 Å². The summed E-state index contributed by atoms with van der Waals surface area (Å²) in [4.78, 5) is 11.7. The van der Waals surface area contributed by atoms with Crippen molar-refractivity contribution in [2.24, 2.45) is 0 Å². The zero-order valence-corrected chi connectivity index (χ0v) is 11.7. The van der Waals surface area contributed by atoms with Gasteiger partial charge in [0.25, 0.3) is 5.91 Å². The van der Waals surface area contributed by atoms with Gasteiger partial charge in [-0.2, -0.15) is 0 Å². The Labute approximate surface area is 115 Å². The van der Waals surface area contributed by atoms with Gasteiger partial charge in [-0.3, -0.25) is 4.79 Å². The first-order chi connectivity index (χ1) is 8.65. The molecule has 1 aromatic carbocycles. The second kappa shape index (κ2) is 8.24. The van der Waals surface area contributed by atoms with Gasteiger partial charge in [-0.25, -0.2) is 0 Å². The SMILES string of the molecule is O=C(NCCCCCO)C(O)c1cccc(Br)c1. The summed E-state index contributed by atoms with van der Waals surface area (Å²) in [6, 6.07) is 7.04. The summed E-state index contributed by atoms with van der Waals surface area (Å²) in [7, 11) is 0. The molecule has 0 aliphatic heterocycles. The third kappa shape index (κ3) is 5.16. The van der Waals surface area contributed by atoms with Crippen molar-refractivity contribution >= 4 is 21.8 Å². The smallest absolute Gasteiger partial charge is 0.253 e. The van der Waals surface area contributed by atoms with Gasteiger partial charge < -0.3 is 15.5 Å². The molecule has 0 aromatic heterocycles. The van der Waals surface area contributed by atoms with E-state index in [-0.39, 0.29) is 6.61 Å². The monoisotopic (exact) mass is 315 g/mol. The molecule has 0 radical (unpaired) electrons. The zero-order valence-electron chi connectivity index (χ0n) is 10.1. The van der Waals surface area contributed by atoms with Gasteiger partial charge in [0, 0.05) is 17.6 Å². The maximum atomic E-state index is 11.7. The van der Waals surface area contributed by atoms with Gasteiger partial charge in [-0.05, 0) is 37.0 Å². The molecular weight excluding hydrogens is 298 g/mol. The number of carbonyl (C=O) groups excluding carboxylic acids is 1. The number of carbonyl (C=O) groups is 1. The average molecular weight is 316 g/mol. The zero-order chi connectivity index (χ0) is 13.4. The van der Waals surface area contributed by atoms with E-state index < -0.39 is 12.0 Å². The first-order valence-corrected chi connectivity index (χ1v) is 6.76. The lowest BCUT2D eigenvalue weighted by atomic mass is 10.1. The van der Waals surface area contributed by atoms with Crippen LogP contribution in [0.5, 0.6) is 0 Å². The van der Waals surface area contributed by atoms with Crippen molar-refractivity contribution in [2.75, 3.05) is 13.2 Å². The highest BCUT2D eigenvalue weighted by atomic mass is 79.9. The van der Waals surface area contributed by atoms with Crippen LogP contribution in [0.25, 0.3) is 0 Å². The molecule has 0 fully saturated rings. The largest absolute Gasteiger partial charge is 0.396 e. The number of hydrogen-bond donors (Lipinski definition) is 3. The summed E-state index contributed by atoms with van der Waals surface area (Å²) in [5.74, 6) is -0.392. The highest BCUT2D eigenvalue weighted by Gasteiger charge is 2.16. The molecular formula is C13H18BrNO3. The van der Waals surface area contributed by atoms with Crippen LogP contribution >= 0.6 is 15.9 Å². The second-order valence-corrected chi connectivity index (χ2v) is 4.95. The fraction of sp³-hybridized carbons (Fsp3) is 0.462. The van der Waals surface area contributed by atoms with Gasteiger partial charge in [0.2, 0.25) is 0 Å². The van der Waals surface area contributed by atoms with E-state index in [0.29, 0.717) is 12.1 Å². The molecule has 1 amide bonds. The minimum Gasteiger partial charge on any atom is -0.396 e. The van der Waals surface area contributed by atoms with Gasteiger partial charge in [0.15, 0.2) is 6.10 Å². The molecule has 1 aromatic rings. The normalized spacial score (nSPS) is 12.2. The third-order valence-electron chi connectivity index (χ3n) is 2.55. The predicted octanol–water partition coefficient (Wildman–Crippen LogP) is 1.76. The quantitative estimate of drug-likeness (QED) is 0.672. The molecule has 4 nitrogen and oxygen atoms in total. The van der Waals surface area contributed by atoms with Crippen LogP contribution in [-0.2, 0) is 4.79 Å². The van der Waals surface area contributed by atoms with Crippen LogP contribution in [0.4, 0.5) is 0 Å². The van der Waals surface area contributed by atoms with E-state index in [4.69, 9.17) is 5.11 Å². The average Bonchev–Trinajstić information content (AvgIpc) is 2.37. The molecule has 5 heteroatoms. The maximum Gasteiger partial charge on any atom is 0.253 e. The van der Waals surface area contributed by atoms with Crippen molar-refractivity contribution in [1.82, 2.24) is 5.32 Å². The Hall–Kier alpha value is -0.910. The molecule has 0 heterocycles. The van der Waals surface area contributed by atoms with E-state index in [9.17, 15) is 9.90 Å². The standard InChI is InChI=1S/C13H18BrNO3/c14-11-6-4-5-10(9-11)12(17)13(18)15-7-2-1-3-8-16/h4-6,9,12,16-17H,1-3,7-8H2,(H,15,18). The Morgan fingerprint density at radius 1 is 1.33 bits per heavy atom. The van der Waals surface area contributed by atoms with Crippen LogP contribution < -0.4 is 5.32 Å². The number of benzene rings is 1. The molecule has 18 heavy (non-hydrogen) atoms. The van der Waals surface area contributed by atoms with Gasteiger partial charge in [0.1, 0.15) is 0 Å². The molecule has 0 saturated carbocycles. The molecule has 3 N–H and O–H groups in total. The van der Waals surface area contributed by atoms with Gasteiger partial charge in [-0.1, -0.05) is 28.1 Å².